The van der Waals surface area contributed by atoms with Gasteiger partial charge in [-0.3, -0.25) is 9.97 Å². The first-order valence-electron chi connectivity index (χ1n) is 16.9. The molecule has 0 spiro atoms. The van der Waals surface area contributed by atoms with E-state index in [0.717, 1.165) is 50.7 Å². The predicted molar refractivity (Wildman–Crippen MR) is 186 cm³/mol. The SMILES string of the molecule is CCCCn1c2ccccc2c2cc(CNCCCCCCNCc3cc4c5ccccc5n(CCCC)c4cn3)ncc21. The fourth-order valence-corrected chi connectivity index (χ4v) is 6.57. The van der Waals surface area contributed by atoms with E-state index in [4.69, 9.17) is 9.97 Å². The summed E-state index contributed by atoms with van der Waals surface area (Å²) in [6.45, 7) is 10.3. The van der Waals surface area contributed by atoms with Gasteiger partial charge in [-0.1, -0.05) is 75.9 Å². The molecule has 2 N–H and O–H groups in total. The molecule has 6 heteroatoms. The summed E-state index contributed by atoms with van der Waals surface area (Å²) in [5.41, 5.74) is 7.39. The van der Waals surface area contributed by atoms with Gasteiger partial charge >= 0.3 is 0 Å². The zero-order valence-electron chi connectivity index (χ0n) is 26.6. The molecule has 6 nitrogen and oxygen atoms in total. The van der Waals surface area contributed by atoms with Crippen LogP contribution in [0.25, 0.3) is 43.6 Å². The Labute approximate surface area is 261 Å². The molecule has 230 valence electrons. The van der Waals surface area contributed by atoms with Crippen LogP contribution in [0.3, 0.4) is 0 Å². The largest absolute Gasteiger partial charge is 0.339 e. The molecule has 0 saturated heterocycles. The molecule has 6 aromatic rings. The van der Waals surface area contributed by atoms with Crippen LogP contribution in [0.4, 0.5) is 0 Å². The predicted octanol–water partition coefficient (Wildman–Crippen LogP) is 8.73. The van der Waals surface area contributed by atoms with Gasteiger partial charge < -0.3 is 19.8 Å². The average molecular weight is 589 g/mol. The Morgan fingerprint density at radius 1 is 0.523 bits per heavy atom. The molecule has 0 aliphatic carbocycles. The molecule has 4 heterocycles. The molecule has 0 saturated carbocycles. The number of unbranched alkanes of at least 4 members (excludes halogenated alkanes) is 5. The Morgan fingerprint density at radius 3 is 1.43 bits per heavy atom. The van der Waals surface area contributed by atoms with E-state index < -0.39 is 0 Å². The third kappa shape index (κ3) is 6.67. The van der Waals surface area contributed by atoms with E-state index >= 15 is 0 Å². The van der Waals surface area contributed by atoms with E-state index in [2.05, 4.69) is 107 Å². The van der Waals surface area contributed by atoms with Crippen molar-refractivity contribution in [3.8, 4) is 0 Å². The maximum Gasteiger partial charge on any atom is 0.0678 e. The van der Waals surface area contributed by atoms with E-state index in [-0.39, 0.29) is 0 Å². The van der Waals surface area contributed by atoms with Crippen molar-refractivity contribution in [2.24, 2.45) is 0 Å². The van der Waals surface area contributed by atoms with Crippen LogP contribution in [0.15, 0.2) is 73.1 Å². The standard InChI is InChI=1S/C38H48N6/c1-3-5-21-43-35-17-11-9-15-31(35)33-23-29(41-27-37(33)43)25-39-19-13-7-8-14-20-40-26-30-24-34-32-16-10-12-18-36(32)44(22-6-4-2)38(34)28-42-30/h9-12,15-18,23-24,27-28,39-40H,3-8,13-14,19-22,25-26H2,1-2H3. The second-order valence-corrected chi connectivity index (χ2v) is 12.2. The molecule has 0 aliphatic rings. The van der Waals surface area contributed by atoms with Gasteiger partial charge in [0.2, 0.25) is 0 Å². The van der Waals surface area contributed by atoms with Gasteiger partial charge in [0.25, 0.3) is 0 Å². The first-order chi connectivity index (χ1) is 21.8. The summed E-state index contributed by atoms with van der Waals surface area (Å²) in [6, 6.07) is 22.1. The van der Waals surface area contributed by atoms with Crippen molar-refractivity contribution in [1.82, 2.24) is 29.7 Å². The summed E-state index contributed by atoms with van der Waals surface area (Å²) < 4.78 is 4.88. The fourth-order valence-electron chi connectivity index (χ4n) is 6.57. The molecule has 0 unspecified atom stereocenters. The topological polar surface area (TPSA) is 59.7 Å². The molecule has 6 rings (SSSR count). The second kappa shape index (κ2) is 14.8. The van der Waals surface area contributed by atoms with E-state index in [0.29, 0.717) is 0 Å². The van der Waals surface area contributed by atoms with Gasteiger partial charge in [-0.15, -0.1) is 0 Å². The molecule has 2 aromatic carbocycles. The average Bonchev–Trinajstić information content (AvgIpc) is 3.55. The first kappa shape index (κ1) is 30.3. The Hall–Kier alpha value is -3.74. The summed E-state index contributed by atoms with van der Waals surface area (Å²) in [6.07, 6.45) is 13.8. The number of hydrogen-bond donors (Lipinski definition) is 2. The Kier molecular flexibility index (Phi) is 10.2. The minimum atomic E-state index is 0.820. The van der Waals surface area contributed by atoms with Crippen LogP contribution in [0, 0.1) is 0 Å². The zero-order chi connectivity index (χ0) is 30.1. The van der Waals surface area contributed by atoms with Crippen LogP contribution in [0.2, 0.25) is 0 Å². The molecule has 0 atom stereocenters. The molecule has 0 bridgehead atoms. The van der Waals surface area contributed by atoms with Gasteiger partial charge in [-0.05, 0) is 63.0 Å². The lowest BCUT2D eigenvalue weighted by atomic mass is 10.1. The van der Waals surface area contributed by atoms with Crippen LogP contribution in [-0.4, -0.2) is 32.2 Å². The summed E-state index contributed by atoms with van der Waals surface area (Å²) in [5, 5.41) is 12.6. The number of fused-ring (bicyclic) bond motifs is 6. The van der Waals surface area contributed by atoms with Crippen molar-refractivity contribution in [3.05, 3.63) is 84.4 Å². The third-order valence-corrected chi connectivity index (χ3v) is 8.97. The number of aromatic nitrogens is 4. The van der Waals surface area contributed by atoms with Crippen LogP contribution in [0.1, 0.15) is 76.6 Å². The van der Waals surface area contributed by atoms with Gasteiger partial charge in [0.05, 0.1) is 34.8 Å². The van der Waals surface area contributed by atoms with Gasteiger partial charge in [0.15, 0.2) is 0 Å². The smallest absolute Gasteiger partial charge is 0.0678 e. The van der Waals surface area contributed by atoms with Crippen LogP contribution in [-0.2, 0) is 26.2 Å². The minimum Gasteiger partial charge on any atom is -0.339 e. The normalized spacial score (nSPS) is 12.0. The summed E-state index contributed by atoms with van der Waals surface area (Å²) in [5.74, 6) is 0. The van der Waals surface area contributed by atoms with Crippen molar-refractivity contribution in [1.29, 1.82) is 0 Å². The summed E-state index contributed by atoms with van der Waals surface area (Å²) >= 11 is 0. The van der Waals surface area contributed by atoms with Gasteiger partial charge in [0, 0.05) is 58.8 Å². The monoisotopic (exact) mass is 588 g/mol. The number of aryl methyl sites for hydroxylation is 2. The Bertz CT molecular complexity index is 1680. The number of rotatable bonds is 17. The lowest BCUT2D eigenvalue weighted by Gasteiger charge is -2.08. The zero-order valence-corrected chi connectivity index (χ0v) is 26.6. The Morgan fingerprint density at radius 2 is 0.977 bits per heavy atom. The highest BCUT2D eigenvalue weighted by Crippen LogP contribution is 2.30. The van der Waals surface area contributed by atoms with E-state index in [1.54, 1.807) is 0 Å². The molecule has 0 amide bonds. The van der Waals surface area contributed by atoms with Gasteiger partial charge in [-0.25, -0.2) is 0 Å². The lowest BCUT2D eigenvalue weighted by molar-refractivity contribution is 0.559. The minimum absolute atomic E-state index is 0.820. The molecule has 4 aromatic heterocycles. The summed E-state index contributed by atoms with van der Waals surface area (Å²) in [4.78, 5) is 9.62. The van der Waals surface area contributed by atoms with Crippen molar-refractivity contribution in [3.63, 3.8) is 0 Å². The number of hydrogen-bond acceptors (Lipinski definition) is 4. The maximum atomic E-state index is 4.81. The summed E-state index contributed by atoms with van der Waals surface area (Å²) in [7, 11) is 0. The van der Waals surface area contributed by atoms with E-state index in [9.17, 15) is 0 Å². The van der Waals surface area contributed by atoms with Crippen molar-refractivity contribution in [2.45, 2.75) is 91.4 Å². The number of nitrogens with zero attached hydrogens (tertiary/aromatic N) is 4. The van der Waals surface area contributed by atoms with Crippen LogP contribution >= 0.6 is 0 Å². The van der Waals surface area contributed by atoms with Gasteiger partial charge in [-0.2, -0.15) is 0 Å². The quantitative estimate of drug-likeness (QED) is 0.105. The molecule has 0 fully saturated rings. The molecular formula is C38H48N6. The first-order valence-corrected chi connectivity index (χ1v) is 16.9. The number of nitrogens with one attached hydrogen (secondary N) is 2. The fraction of sp³-hybridized carbons (Fsp3) is 0.421. The molecule has 44 heavy (non-hydrogen) atoms. The molecule has 0 radical (unpaired) electrons. The second-order valence-electron chi connectivity index (χ2n) is 12.2. The van der Waals surface area contributed by atoms with Crippen molar-refractivity contribution < 1.29 is 0 Å². The lowest BCUT2D eigenvalue weighted by Crippen LogP contribution is -2.16. The number of para-hydroxylation sites is 2. The molecular weight excluding hydrogens is 540 g/mol. The number of benzene rings is 2. The van der Waals surface area contributed by atoms with Crippen molar-refractivity contribution in [2.75, 3.05) is 13.1 Å². The van der Waals surface area contributed by atoms with Crippen molar-refractivity contribution >= 4 is 43.6 Å². The van der Waals surface area contributed by atoms with E-state index in [1.165, 1.54) is 95.0 Å². The Balaban J connectivity index is 0.917. The number of pyridine rings is 2. The highest BCUT2D eigenvalue weighted by molar-refractivity contribution is 6.08. The van der Waals surface area contributed by atoms with Gasteiger partial charge in [0.1, 0.15) is 0 Å². The highest BCUT2D eigenvalue weighted by atomic mass is 15.0. The maximum absolute atomic E-state index is 4.81. The third-order valence-electron chi connectivity index (χ3n) is 8.97. The van der Waals surface area contributed by atoms with Crippen LogP contribution in [0.5, 0.6) is 0 Å². The van der Waals surface area contributed by atoms with E-state index in [1.807, 2.05) is 0 Å². The highest BCUT2D eigenvalue weighted by Gasteiger charge is 2.12. The molecule has 0 aliphatic heterocycles. The van der Waals surface area contributed by atoms with Crippen LogP contribution < -0.4 is 10.6 Å².